The normalized spacial score (nSPS) is 13.7. The lowest BCUT2D eigenvalue weighted by Crippen LogP contribution is -2.16. The SMILES string of the molecule is CC(C)CC(C(=O)O)c1ccc(C(F)(F)F)cn1. The Morgan fingerprint density at radius 2 is 2.00 bits per heavy atom. The quantitative estimate of drug-likeness (QED) is 0.904. The predicted molar refractivity (Wildman–Crippen MR) is 59.1 cm³/mol. The first-order valence-corrected chi connectivity index (χ1v) is 5.47. The van der Waals surface area contributed by atoms with E-state index in [4.69, 9.17) is 5.11 Å². The lowest BCUT2D eigenvalue weighted by atomic mass is 9.93. The fourth-order valence-electron chi connectivity index (χ4n) is 1.60. The number of aromatic nitrogens is 1. The zero-order valence-electron chi connectivity index (χ0n) is 10.0. The van der Waals surface area contributed by atoms with Crippen LogP contribution in [0.1, 0.15) is 37.4 Å². The van der Waals surface area contributed by atoms with Crippen molar-refractivity contribution in [3.63, 3.8) is 0 Å². The van der Waals surface area contributed by atoms with Crippen LogP contribution in [0, 0.1) is 5.92 Å². The van der Waals surface area contributed by atoms with Gasteiger partial charge in [-0.05, 0) is 24.5 Å². The second-order valence-electron chi connectivity index (χ2n) is 4.49. The molecule has 0 aliphatic heterocycles. The summed E-state index contributed by atoms with van der Waals surface area (Å²) in [5.74, 6) is -1.82. The van der Waals surface area contributed by atoms with Gasteiger partial charge in [0.05, 0.1) is 17.2 Å². The number of hydrogen-bond donors (Lipinski definition) is 1. The first kappa shape index (κ1) is 14.5. The first-order chi connectivity index (χ1) is 8.21. The number of halogens is 3. The number of pyridine rings is 1. The van der Waals surface area contributed by atoms with E-state index < -0.39 is 23.6 Å². The van der Waals surface area contributed by atoms with E-state index >= 15 is 0 Å². The lowest BCUT2D eigenvalue weighted by molar-refractivity contribution is -0.139. The number of hydrogen-bond acceptors (Lipinski definition) is 2. The van der Waals surface area contributed by atoms with Crippen LogP contribution in [0.2, 0.25) is 0 Å². The summed E-state index contributed by atoms with van der Waals surface area (Å²) in [6.07, 6.45) is -3.44. The molecule has 0 saturated heterocycles. The van der Waals surface area contributed by atoms with Crippen molar-refractivity contribution in [1.29, 1.82) is 0 Å². The van der Waals surface area contributed by atoms with Crippen LogP contribution < -0.4 is 0 Å². The zero-order chi connectivity index (χ0) is 13.9. The number of carboxylic acids is 1. The molecule has 0 radical (unpaired) electrons. The highest BCUT2D eigenvalue weighted by Crippen LogP contribution is 2.30. The molecule has 0 amide bonds. The number of alkyl halides is 3. The maximum absolute atomic E-state index is 12.3. The molecule has 0 saturated carbocycles. The Morgan fingerprint density at radius 1 is 1.39 bits per heavy atom. The van der Waals surface area contributed by atoms with Crippen molar-refractivity contribution in [2.45, 2.75) is 32.4 Å². The molecule has 18 heavy (non-hydrogen) atoms. The van der Waals surface area contributed by atoms with E-state index in [1.54, 1.807) is 0 Å². The van der Waals surface area contributed by atoms with Gasteiger partial charge >= 0.3 is 12.1 Å². The van der Waals surface area contributed by atoms with Crippen molar-refractivity contribution in [3.8, 4) is 0 Å². The minimum atomic E-state index is -4.46. The molecule has 1 aromatic rings. The molecule has 6 heteroatoms. The molecule has 0 aliphatic rings. The van der Waals surface area contributed by atoms with E-state index in [0.29, 0.717) is 12.6 Å². The van der Waals surface area contributed by atoms with Crippen molar-refractivity contribution in [2.75, 3.05) is 0 Å². The summed E-state index contributed by atoms with van der Waals surface area (Å²) in [6, 6.07) is 1.99. The van der Waals surface area contributed by atoms with Crippen LogP contribution in [-0.4, -0.2) is 16.1 Å². The van der Waals surface area contributed by atoms with Crippen molar-refractivity contribution in [2.24, 2.45) is 5.92 Å². The number of aliphatic carboxylic acids is 1. The number of carbonyl (C=O) groups is 1. The summed E-state index contributed by atoms with van der Waals surface area (Å²) in [4.78, 5) is 14.7. The van der Waals surface area contributed by atoms with E-state index in [1.807, 2.05) is 13.8 Å². The molecule has 0 aliphatic carbocycles. The minimum Gasteiger partial charge on any atom is -0.481 e. The van der Waals surface area contributed by atoms with E-state index in [9.17, 15) is 18.0 Å². The highest BCUT2D eigenvalue weighted by molar-refractivity contribution is 5.75. The smallest absolute Gasteiger partial charge is 0.417 e. The fraction of sp³-hybridized carbons (Fsp3) is 0.500. The van der Waals surface area contributed by atoms with Gasteiger partial charge in [-0.15, -0.1) is 0 Å². The van der Waals surface area contributed by atoms with Crippen LogP contribution in [-0.2, 0) is 11.0 Å². The largest absolute Gasteiger partial charge is 0.481 e. The Balaban J connectivity index is 2.98. The van der Waals surface area contributed by atoms with Gasteiger partial charge in [0.15, 0.2) is 0 Å². The molecule has 0 aromatic carbocycles. The molecule has 0 fully saturated rings. The summed E-state index contributed by atoms with van der Waals surface area (Å²) in [5.41, 5.74) is -0.718. The van der Waals surface area contributed by atoms with Crippen molar-refractivity contribution < 1.29 is 23.1 Å². The zero-order valence-corrected chi connectivity index (χ0v) is 10.0. The van der Waals surface area contributed by atoms with Crippen molar-refractivity contribution in [1.82, 2.24) is 4.98 Å². The van der Waals surface area contributed by atoms with Crippen LogP contribution in [0.5, 0.6) is 0 Å². The van der Waals surface area contributed by atoms with Gasteiger partial charge in [-0.25, -0.2) is 0 Å². The number of carboxylic acid groups (broad SMARTS) is 1. The molecule has 3 nitrogen and oxygen atoms in total. The summed E-state index contributed by atoms with van der Waals surface area (Å²) in [6.45, 7) is 3.69. The Morgan fingerprint density at radius 3 is 2.33 bits per heavy atom. The second-order valence-corrected chi connectivity index (χ2v) is 4.49. The maximum atomic E-state index is 12.3. The topological polar surface area (TPSA) is 50.2 Å². The van der Waals surface area contributed by atoms with Gasteiger partial charge in [-0.1, -0.05) is 13.8 Å². The monoisotopic (exact) mass is 261 g/mol. The fourth-order valence-corrected chi connectivity index (χ4v) is 1.60. The molecule has 100 valence electrons. The lowest BCUT2D eigenvalue weighted by Gasteiger charge is -2.15. The molecule has 1 heterocycles. The summed E-state index contributed by atoms with van der Waals surface area (Å²) in [5, 5.41) is 9.04. The Kier molecular flexibility index (Phi) is 4.32. The molecule has 0 bridgehead atoms. The number of nitrogens with zero attached hydrogens (tertiary/aromatic N) is 1. The van der Waals surface area contributed by atoms with E-state index in [0.717, 1.165) is 12.1 Å². The van der Waals surface area contributed by atoms with Gasteiger partial charge in [0, 0.05) is 6.20 Å². The van der Waals surface area contributed by atoms with Gasteiger partial charge in [0.1, 0.15) is 0 Å². The van der Waals surface area contributed by atoms with Gasteiger partial charge in [0.25, 0.3) is 0 Å². The van der Waals surface area contributed by atoms with Gasteiger partial charge in [-0.2, -0.15) is 13.2 Å². The molecule has 1 N–H and O–H groups in total. The molecule has 1 atom stereocenters. The first-order valence-electron chi connectivity index (χ1n) is 5.47. The Hall–Kier alpha value is -1.59. The van der Waals surface area contributed by atoms with Crippen LogP contribution in [0.25, 0.3) is 0 Å². The van der Waals surface area contributed by atoms with Gasteiger partial charge in [0.2, 0.25) is 0 Å². The third kappa shape index (κ3) is 3.72. The minimum absolute atomic E-state index is 0.121. The van der Waals surface area contributed by atoms with Crippen LogP contribution >= 0.6 is 0 Å². The summed E-state index contributed by atoms with van der Waals surface area (Å²) >= 11 is 0. The maximum Gasteiger partial charge on any atom is 0.417 e. The Labute approximate surface area is 103 Å². The molecule has 1 unspecified atom stereocenters. The third-order valence-corrected chi connectivity index (χ3v) is 2.48. The average Bonchev–Trinajstić information content (AvgIpc) is 2.24. The molecular weight excluding hydrogens is 247 g/mol. The third-order valence-electron chi connectivity index (χ3n) is 2.48. The van der Waals surface area contributed by atoms with E-state index in [-0.39, 0.29) is 11.6 Å². The van der Waals surface area contributed by atoms with Gasteiger partial charge < -0.3 is 5.11 Å². The molecule has 1 rings (SSSR count). The van der Waals surface area contributed by atoms with E-state index in [2.05, 4.69) is 4.98 Å². The van der Waals surface area contributed by atoms with Gasteiger partial charge in [-0.3, -0.25) is 9.78 Å². The molecule has 0 spiro atoms. The summed E-state index contributed by atoms with van der Waals surface area (Å²) in [7, 11) is 0. The Bertz CT molecular complexity index is 412. The molecular formula is C12H14F3NO2. The van der Waals surface area contributed by atoms with Crippen LogP contribution in [0.15, 0.2) is 18.3 Å². The highest BCUT2D eigenvalue weighted by atomic mass is 19.4. The highest BCUT2D eigenvalue weighted by Gasteiger charge is 2.31. The predicted octanol–water partition coefficient (Wildman–Crippen LogP) is 3.31. The van der Waals surface area contributed by atoms with Crippen LogP contribution in [0.3, 0.4) is 0 Å². The van der Waals surface area contributed by atoms with Crippen molar-refractivity contribution in [3.05, 3.63) is 29.6 Å². The second kappa shape index (κ2) is 5.37. The average molecular weight is 261 g/mol. The number of rotatable bonds is 4. The summed E-state index contributed by atoms with van der Waals surface area (Å²) < 4.78 is 37.0. The standard InChI is InChI=1S/C12H14F3NO2/c1-7(2)5-9(11(17)18)10-4-3-8(6-16-10)12(13,14)15/h3-4,6-7,9H,5H2,1-2H3,(H,17,18). The van der Waals surface area contributed by atoms with Crippen molar-refractivity contribution >= 4 is 5.97 Å². The van der Waals surface area contributed by atoms with E-state index in [1.165, 1.54) is 0 Å². The van der Waals surface area contributed by atoms with Crippen LogP contribution in [0.4, 0.5) is 13.2 Å². The molecule has 1 aromatic heterocycles.